The van der Waals surface area contributed by atoms with Gasteiger partial charge in [-0.3, -0.25) is 14.7 Å². The van der Waals surface area contributed by atoms with E-state index in [1.54, 1.807) is 0 Å². The molecule has 4 heterocycles. The van der Waals surface area contributed by atoms with Crippen LogP contribution in [0.2, 0.25) is 0 Å². The number of anilines is 1. The summed E-state index contributed by atoms with van der Waals surface area (Å²) in [6.07, 6.45) is 9.04. The Kier molecular flexibility index (Phi) is 9.45. The first kappa shape index (κ1) is 34.5. The Hall–Kier alpha value is -4.97. The summed E-state index contributed by atoms with van der Waals surface area (Å²) in [5, 5.41) is 14.1. The van der Waals surface area contributed by atoms with Crippen molar-refractivity contribution >= 4 is 33.4 Å². The van der Waals surface area contributed by atoms with Crippen molar-refractivity contribution in [2.24, 2.45) is 5.41 Å². The number of morpholine rings is 1. The number of carbonyl (C=O) groups excluding carboxylic acids is 1. The van der Waals surface area contributed by atoms with E-state index in [2.05, 4.69) is 32.7 Å². The fourth-order valence-electron chi connectivity index (χ4n) is 6.97. The van der Waals surface area contributed by atoms with Crippen LogP contribution in [-0.4, -0.2) is 114 Å². The number of hydrogen-bond donors (Lipinski definition) is 2. The molecule has 2 aromatic heterocycles. The highest BCUT2D eigenvalue weighted by molar-refractivity contribution is 6.03. The highest BCUT2D eigenvalue weighted by atomic mass is 19.1. The van der Waals surface area contributed by atoms with Crippen molar-refractivity contribution in [3.63, 3.8) is 0 Å². The van der Waals surface area contributed by atoms with E-state index in [1.807, 2.05) is 16.8 Å². The molecular formula is C37H38F3N7O4. The fraction of sp³-hybridized carbons (Fsp3) is 0.405. The number of nitrogens with zero attached hydrogens (tertiary/aromatic N) is 6. The maximum absolute atomic E-state index is 17.0. The molecule has 11 nitrogen and oxygen atoms in total. The maximum Gasteiger partial charge on any atom is 0.319 e. The van der Waals surface area contributed by atoms with Gasteiger partial charge < -0.3 is 29.7 Å². The summed E-state index contributed by atoms with van der Waals surface area (Å²) in [7, 11) is 1.88. The van der Waals surface area contributed by atoms with E-state index in [0.717, 1.165) is 32.5 Å². The Morgan fingerprint density at radius 1 is 1.18 bits per heavy atom. The number of phenols is 1. The predicted octanol–water partition coefficient (Wildman–Crippen LogP) is 4.02. The SMILES string of the molecule is C#Cc1c(F)ccc2cc(O)cc(-c3ncc4c(N5CCN(C)C[C@@H](NC(=O)C(=C)F)C5)nc(OCC5(CN6CCOCC6)CC5)nc4c3F)c12. The number of pyridine rings is 1. The number of aromatic hydroxyl groups is 1. The number of halogens is 3. The van der Waals surface area contributed by atoms with Crippen molar-refractivity contribution in [3.05, 3.63) is 60.1 Å². The minimum atomic E-state index is -1.10. The number of carbonyl (C=O) groups is 1. The van der Waals surface area contributed by atoms with Gasteiger partial charge in [-0.05, 0) is 43.5 Å². The van der Waals surface area contributed by atoms with E-state index in [-0.39, 0.29) is 56.8 Å². The van der Waals surface area contributed by atoms with Crippen molar-refractivity contribution < 1.29 is 32.5 Å². The molecule has 266 valence electrons. The van der Waals surface area contributed by atoms with Gasteiger partial charge in [-0.25, -0.2) is 13.2 Å². The van der Waals surface area contributed by atoms with E-state index in [4.69, 9.17) is 20.9 Å². The number of terminal acetylenes is 1. The molecule has 2 aliphatic heterocycles. The molecule has 1 aliphatic carbocycles. The van der Waals surface area contributed by atoms with Crippen LogP contribution in [0.4, 0.5) is 19.0 Å². The van der Waals surface area contributed by atoms with Gasteiger partial charge in [0.15, 0.2) is 11.6 Å². The number of rotatable bonds is 9. The normalized spacial score (nSPS) is 19.4. The number of phenolic OH excluding ortho intramolecular Hbond substituents is 1. The number of benzene rings is 2. The Morgan fingerprint density at radius 2 is 1.96 bits per heavy atom. The van der Waals surface area contributed by atoms with Gasteiger partial charge >= 0.3 is 6.01 Å². The van der Waals surface area contributed by atoms with Crippen LogP contribution >= 0.6 is 0 Å². The lowest BCUT2D eigenvalue weighted by atomic mass is 9.96. The summed E-state index contributed by atoms with van der Waals surface area (Å²) >= 11 is 0. The van der Waals surface area contributed by atoms with E-state index in [0.29, 0.717) is 50.7 Å². The summed E-state index contributed by atoms with van der Waals surface area (Å²) in [6.45, 7) is 8.90. The number of nitrogens with one attached hydrogen (secondary N) is 1. The summed E-state index contributed by atoms with van der Waals surface area (Å²) in [4.78, 5) is 32.3. The lowest BCUT2D eigenvalue weighted by Gasteiger charge is -2.30. The molecule has 3 fully saturated rings. The van der Waals surface area contributed by atoms with Crippen LogP contribution in [0.3, 0.4) is 0 Å². The average molecular weight is 702 g/mol. The quantitative estimate of drug-likeness (QED) is 0.196. The average Bonchev–Trinajstić information content (AvgIpc) is 3.91. The largest absolute Gasteiger partial charge is 0.508 e. The number of likely N-dealkylation sites (N-methyl/N-ethyl adjacent to an activating group) is 1. The van der Waals surface area contributed by atoms with Gasteiger partial charge in [0, 0.05) is 68.4 Å². The van der Waals surface area contributed by atoms with Crippen LogP contribution in [0.5, 0.6) is 11.8 Å². The van der Waals surface area contributed by atoms with Gasteiger partial charge in [-0.15, -0.1) is 6.42 Å². The third-order valence-corrected chi connectivity index (χ3v) is 9.83. The van der Waals surface area contributed by atoms with Crippen LogP contribution in [0, 0.1) is 29.4 Å². The number of hydrogen-bond acceptors (Lipinski definition) is 10. The predicted molar refractivity (Wildman–Crippen MR) is 186 cm³/mol. The van der Waals surface area contributed by atoms with E-state index < -0.39 is 29.4 Å². The zero-order chi connectivity index (χ0) is 35.9. The van der Waals surface area contributed by atoms with Crippen LogP contribution in [0.15, 0.2) is 42.9 Å². The smallest absolute Gasteiger partial charge is 0.319 e. The first-order valence-electron chi connectivity index (χ1n) is 16.8. The number of ether oxygens (including phenoxy) is 2. The van der Waals surface area contributed by atoms with Gasteiger partial charge in [0.05, 0.1) is 36.8 Å². The fourth-order valence-corrected chi connectivity index (χ4v) is 6.97. The van der Waals surface area contributed by atoms with Crippen molar-refractivity contribution in [2.45, 2.75) is 18.9 Å². The summed E-state index contributed by atoms with van der Waals surface area (Å²) in [5.74, 6) is -1.06. The number of fused-ring (bicyclic) bond motifs is 2. The van der Waals surface area contributed by atoms with Gasteiger partial charge in [-0.1, -0.05) is 18.6 Å². The number of amides is 1. The molecule has 0 unspecified atom stereocenters. The Balaban J connectivity index is 1.32. The van der Waals surface area contributed by atoms with Crippen LogP contribution in [0.25, 0.3) is 32.9 Å². The molecule has 2 aromatic carbocycles. The molecule has 3 aliphatic rings. The van der Waals surface area contributed by atoms with Crippen molar-refractivity contribution in [2.75, 3.05) is 77.6 Å². The lowest BCUT2D eigenvalue weighted by Crippen LogP contribution is -2.46. The number of aromatic nitrogens is 3. The minimum absolute atomic E-state index is 0.0479. The van der Waals surface area contributed by atoms with Crippen molar-refractivity contribution in [3.8, 4) is 35.4 Å². The molecule has 2 N–H and O–H groups in total. The Labute approximate surface area is 293 Å². The molecule has 1 saturated carbocycles. The molecule has 1 atom stereocenters. The summed E-state index contributed by atoms with van der Waals surface area (Å²) < 4.78 is 57.4. The van der Waals surface area contributed by atoms with Crippen molar-refractivity contribution in [1.82, 2.24) is 30.1 Å². The van der Waals surface area contributed by atoms with Gasteiger partial charge in [-0.2, -0.15) is 9.97 Å². The first-order chi connectivity index (χ1) is 24.5. The van der Waals surface area contributed by atoms with Gasteiger partial charge in [0.25, 0.3) is 5.91 Å². The summed E-state index contributed by atoms with van der Waals surface area (Å²) in [5.41, 5.74) is -0.405. The monoisotopic (exact) mass is 701 g/mol. The second-order valence-corrected chi connectivity index (χ2v) is 13.6. The first-order valence-corrected chi connectivity index (χ1v) is 16.8. The highest BCUT2D eigenvalue weighted by Crippen LogP contribution is 2.47. The van der Waals surface area contributed by atoms with Crippen LogP contribution < -0.4 is 15.0 Å². The molecule has 2 saturated heterocycles. The second kappa shape index (κ2) is 14.0. The molecule has 7 rings (SSSR count). The molecule has 51 heavy (non-hydrogen) atoms. The molecule has 4 aromatic rings. The van der Waals surface area contributed by atoms with E-state index >= 15 is 4.39 Å². The second-order valence-electron chi connectivity index (χ2n) is 13.6. The topological polar surface area (TPSA) is 116 Å². The lowest BCUT2D eigenvalue weighted by molar-refractivity contribution is -0.119. The van der Waals surface area contributed by atoms with Crippen molar-refractivity contribution in [1.29, 1.82) is 0 Å². The highest BCUT2D eigenvalue weighted by Gasteiger charge is 2.45. The molecule has 14 heteroatoms. The van der Waals surface area contributed by atoms with Gasteiger partial charge in [0.2, 0.25) is 0 Å². The van der Waals surface area contributed by atoms with E-state index in [1.165, 1.54) is 30.5 Å². The van der Waals surface area contributed by atoms with E-state index in [9.17, 15) is 18.7 Å². The molecule has 0 spiro atoms. The molecule has 1 amide bonds. The third-order valence-electron chi connectivity index (χ3n) is 9.83. The molecule has 0 bridgehead atoms. The summed E-state index contributed by atoms with van der Waals surface area (Å²) in [6, 6.07) is 4.78. The zero-order valence-electron chi connectivity index (χ0n) is 28.2. The molecular weight excluding hydrogens is 663 g/mol. The third kappa shape index (κ3) is 7.14. The van der Waals surface area contributed by atoms with Crippen LogP contribution in [-0.2, 0) is 9.53 Å². The Bertz CT molecular complexity index is 2060. The zero-order valence-corrected chi connectivity index (χ0v) is 28.2. The Morgan fingerprint density at radius 3 is 2.69 bits per heavy atom. The maximum atomic E-state index is 17.0. The van der Waals surface area contributed by atoms with Crippen LogP contribution in [0.1, 0.15) is 18.4 Å². The molecule has 0 radical (unpaired) electrons. The van der Waals surface area contributed by atoms with Gasteiger partial charge in [0.1, 0.15) is 28.6 Å². The minimum Gasteiger partial charge on any atom is -0.508 e. The standard InChI is InChI=1S/C37H38F3N7O4/c1-4-26-29(39)6-5-23-15-25(48)16-27(30(23)26)32-31(40)33-28(17-41-32)34(47-10-9-45(3)18-24(19-47)42-35(49)22(2)38)44-36(43-33)51-21-37(7-8-37)20-46-11-13-50-14-12-46/h1,5-6,15-17,24,48H,2,7-14,18-21H2,3H3,(H,42,49)/t24-/m1/s1.